The van der Waals surface area contributed by atoms with Crippen molar-refractivity contribution in [2.75, 3.05) is 14.2 Å². The van der Waals surface area contributed by atoms with Crippen molar-refractivity contribution < 1.29 is 19.7 Å². The second kappa shape index (κ2) is 4.62. The number of nitrogens with zero attached hydrogens (tertiary/aromatic N) is 1. The van der Waals surface area contributed by atoms with Gasteiger partial charge in [0.25, 0.3) is 5.72 Å². The van der Waals surface area contributed by atoms with Crippen LogP contribution in [-0.2, 0) is 15.3 Å². The van der Waals surface area contributed by atoms with Gasteiger partial charge in [-0.05, 0) is 23.9 Å². The molecule has 2 N–H and O–H groups in total. The Labute approximate surface area is 151 Å². The highest BCUT2D eigenvalue weighted by Crippen LogP contribution is 2.63. The number of quaternary nitrogens is 1. The third-order valence-corrected chi connectivity index (χ3v) is 6.32. The van der Waals surface area contributed by atoms with E-state index in [9.17, 15) is 15.0 Å². The minimum absolute atomic E-state index is 0.00447. The summed E-state index contributed by atoms with van der Waals surface area (Å²) in [6.07, 6.45) is 5.01. The molecule has 1 saturated heterocycles. The van der Waals surface area contributed by atoms with Gasteiger partial charge in [0, 0.05) is 18.7 Å². The highest BCUT2D eigenvalue weighted by atomic mass is 16.5. The molecule has 4 unspecified atom stereocenters. The molecule has 5 heteroatoms. The Morgan fingerprint density at radius 3 is 2.77 bits per heavy atom. The summed E-state index contributed by atoms with van der Waals surface area (Å²) < 4.78 is 5.22. The largest absolute Gasteiger partial charge is 0.507 e. The predicted molar refractivity (Wildman–Crippen MR) is 98.5 cm³/mol. The van der Waals surface area contributed by atoms with Crippen LogP contribution in [0.25, 0.3) is 10.8 Å². The molecule has 5 nitrogen and oxygen atoms in total. The lowest BCUT2D eigenvalue weighted by Crippen LogP contribution is -2.58. The lowest BCUT2D eigenvalue weighted by atomic mass is 9.82. The van der Waals surface area contributed by atoms with Gasteiger partial charge in [-0.15, -0.1) is 0 Å². The molecule has 2 aromatic carbocycles. The van der Waals surface area contributed by atoms with E-state index >= 15 is 0 Å². The monoisotopic (exact) mass is 350 g/mol. The second-order valence-electron chi connectivity index (χ2n) is 7.54. The topological polar surface area (TPSA) is 66.8 Å². The van der Waals surface area contributed by atoms with Gasteiger partial charge < -0.3 is 14.9 Å². The first-order chi connectivity index (χ1) is 12.4. The number of hydrogen-bond acceptors (Lipinski definition) is 4. The number of phenols is 1. The number of rotatable bonds is 1. The van der Waals surface area contributed by atoms with E-state index in [1.807, 2.05) is 37.3 Å². The fraction of sp³-hybridized carbons (Fsp3) is 0.286. The molecule has 2 heterocycles. The van der Waals surface area contributed by atoms with Crippen molar-refractivity contribution in [3.63, 3.8) is 0 Å². The maximum atomic E-state index is 13.6. The van der Waals surface area contributed by atoms with Crippen LogP contribution in [0.3, 0.4) is 0 Å². The van der Waals surface area contributed by atoms with Crippen molar-refractivity contribution in [2.45, 2.75) is 18.8 Å². The lowest BCUT2D eigenvalue weighted by molar-refractivity contribution is -0.140. The molecular formula is C21H20NO4+. The van der Waals surface area contributed by atoms with E-state index in [2.05, 4.69) is 0 Å². The summed E-state index contributed by atoms with van der Waals surface area (Å²) in [4.78, 5) is 13.6. The van der Waals surface area contributed by atoms with Gasteiger partial charge in [-0.1, -0.05) is 30.4 Å². The van der Waals surface area contributed by atoms with Crippen molar-refractivity contribution in [1.82, 2.24) is 4.48 Å². The smallest absolute Gasteiger partial charge is 0.332 e. The van der Waals surface area contributed by atoms with Crippen LogP contribution >= 0.6 is 0 Å². The third-order valence-electron chi connectivity index (χ3n) is 6.32. The standard InChI is InChI=1S/C21H19NO4/c1-11-9-12-7-8-15(23)19-17(12)14(10-11)22(2)20(24)18-13(21(19,22)25)5-4-6-16(18)26-3/h4-10,16,18,25H,1-3H3/p+1. The van der Waals surface area contributed by atoms with Crippen LogP contribution in [0.2, 0.25) is 0 Å². The number of ether oxygens (including phenoxy) is 1. The number of likely N-dealkylation sites (N-methyl/N-ethyl adjacent to an activating group) is 1. The van der Waals surface area contributed by atoms with Gasteiger partial charge in [-0.25, -0.2) is 4.79 Å². The number of allylic oxidation sites excluding steroid dienone is 2. The number of fused-ring (bicyclic) bond motifs is 5. The van der Waals surface area contributed by atoms with E-state index in [-0.39, 0.29) is 16.1 Å². The number of hydrogen-bond donors (Lipinski definition) is 2. The molecule has 0 radical (unpaired) electrons. The maximum absolute atomic E-state index is 13.6. The molecule has 5 rings (SSSR count). The van der Waals surface area contributed by atoms with Gasteiger partial charge in [-0.3, -0.25) is 0 Å². The van der Waals surface area contributed by atoms with Crippen molar-refractivity contribution in [3.8, 4) is 5.75 Å². The fourth-order valence-electron chi connectivity index (χ4n) is 5.12. The summed E-state index contributed by atoms with van der Waals surface area (Å²) in [5, 5.41) is 24.4. The normalized spacial score (nSPS) is 34.2. The number of aliphatic hydroxyl groups is 1. The Morgan fingerprint density at radius 1 is 1.27 bits per heavy atom. The minimum atomic E-state index is -1.64. The summed E-state index contributed by atoms with van der Waals surface area (Å²) in [5.74, 6) is -0.703. The first-order valence-corrected chi connectivity index (χ1v) is 8.68. The molecule has 132 valence electrons. The van der Waals surface area contributed by atoms with Crippen LogP contribution in [-0.4, -0.2) is 36.4 Å². The van der Waals surface area contributed by atoms with Crippen LogP contribution < -0.4 is 4.48 Å². The number of carbonyl (C=O) groups is 1. The molecule has 1 aliphatic carbocycles. The van der Waals surface area contributed by atoms with Crippen LogP contribution in [0, 0.1) is 12.8 Å². The van der Waals surface area contributed by atoms with Gasteiger partial charge in [0.15, 0.2) is 5.69 Å². The van der Waals surface area contributed by atoms with E-state index in [4.69, 9.17) is 4.74 Å². The predicted octanol–water partition coefficient (Wildman–Crippen LogP) is 2.62. The number of methoxy groups -OCH3 is 1. The summed E-state index contributed by atoms with van der Waals surface area (Å²) in [5.41, 5.74) is 1.09. The molecule has 0 saturated carbocycles. The minimum Gasteiger partial charge on any atom is -0.507 e. The number of carbonyl (C=O) groups excluding carboxylic acids is 1. The number of benzene rings is 2. The summed E-state index contributed by atoms with van der Waals surface area (Å²) in [6, 6.07) is 7.37. The van der Waals surface area contributed by atoms with Crippen molar-refractivity contribution in [3.05, 3.63) is 59.2 Å². The van der Waals surface area contributed by atoms with Gasteiger partial charge >= 0.3 is 5.91 Å². The fourth-order valence-corrected chi connectivity index (χ4v) is 5.12. The first-order valence-electron chi connectivity index (χ1n) is 8.68. The molecule has 3 aliphatic rings. The average Bonchev–Trinajstić information content (AvgIpc) is 2.94. The van der Waals surface area contributed by atoms with Crippen molar-refractivity contribution in [2.24, 2.45) is 5.92 Å². The number of amides is 1. The average molecular weight is 350 g/mol. The Hall–Kier alpha value is -2.47. The molecular weight excluding hydrogens is 330 g/mol. The zero-order chi connectivity index (χ0) is 18.4. The number of phenolic OH excluding ortho intramolecular Hbond substituents is 1. The molecule has 26 heavy (non-hydrogen) atoms. The van der Waals surface area contributed by atoms with E-state index in [0.717, 1.165) is 22.0 Å². The van der Waals surface area contributed by atoms with Gasteiger partial charge in [0.05, 0.1) is 18.5 Å². The lowest BCUT2D eigenvalue weighted by Gasteiger charge is -2.35. The molecule has 2 aromatic rings. The Bertz CT molecular complexity index is 1070. The third kappa shape index (κ3) is 1.43. The Kier molecular flexibility index (Phi) is 2.80. The molecule has 2 aliphatic heterocycles. The Balaban J connectivity index is 1.94. The molecule has 4 atom stereocenters. The van der Waals surface area contributed by atoms with Crippen LogP contribution in [0.5, 0.6) is 5.75 Å². The highest BCUT2D eigenvalue weighted by Gasteiger charge is 2.74. The molecule has 0 spiro atoms. The Morgan fingerprint density at radius 2 is 2.04 bits per heavy atom. The maximum Gasteiger partial charge on any atom is 0.332 e. The molecule has 0 aromatic heterocycles. The zero-order valence-corrected chi connectivity index (χ0v) is 14.9. The van der Waals surface area contributed by atoms with Crippen LogP contribution in [0.1, 0.15) is 11.1 Å². The summed E-state index contributed by atoms with van der Waals surface area (Å²) in [7, 11) is 3.30. The summed E-state index contributed by atoms with van der Waals surface area (Å²) in [6.45, 7) is 1.97. The van der Waals surface area contributed by atoms with Crippen molar-refractivity contribution >= 4 is 22.4 Å². The summed E-state index contributed by atoms with van der Waals surface area (Å²) >= 11 is 0. The van der Waals surface area contributed by atoms with Crippen molar-refractivity contribution in [1.29, 1.82) is 0 Å². The van der Waals surface area contributed by atoms with Crippen LogP contribution in [0.15, 0.2) is 48.1 Å². The van der Waals surface area contributed by atoms with E-state index in [1.54, 1.807) is 26.3 Å². The van der Waals surface area contributed by atoms with Gasteiger partial charge in [-0.2, -0.15) is 4.48 Å². The van der Waals surface area contributed by atoms with E-state index in [1.165, 1.54) is 0 Å². The van der Waals surface area contributed by atoms with E-state index < -0.39 is 17.7 Å². The highest BCUT2D eigenvalue weighted by molar-refractivity contribution is 6.12. The van der Waals surface area contributed by atoms with Gasteiger partial charge in [0.1, 0.15) is 17.2 Å². The number of aryl methyl sites for hydroxylation is 1. The SMILES string of the molecule is COC1C=CC=C2C1C(=O)[N+]1(C)c3cc(C)cc4ccc(O)c(c34)C21O. The zero-order valence-electron chi connectivity index (χ0n) is 14.9. The van der Waals surface area contributed by atoms with Crippen LogP contribution in [0.4, 0.5) is 5.69 Å². The quantitative estimate of drug-likeness (QED) is 0.776. The first kappa shape index (κ1) is 15.8. The van der Waals surface area contributed by atoms with E-state index in [0.29, 0.717) is 11.1 Å². The molecule has 1 fully saturated rings. The number of aromatic hydroxyl groups is 1. The second-order valence-corrected chi connectivity index (χ2v) is 7.54. The molecule has 1 amide bonds. The molecule has 0 bridgehead atoms. The van der Waals surface area contributed by atoms with Gasteiger partial charge in [0.2, 0.25) is 0 Å².